The highest BCUT2D eigenvalue weighted by Crippen LogP contribution is 2.19. The van der Waals surface area contributed by atoms with Crippen LogP contribution in [-0.2, 0) is 4.79 Å². The van der Waals surface area contributed by atoms with Gasteiger partial charge in [-0.25, -0.2) is 0 Å². The fourth-order valence-corrected chi connectivity index (χ4v) is 2.45. The molecular weight excluding hydrogens is 330 g/mol. The van der Waals surface area contributed by atoms with Gasteiger partial charge in [0.25, 0.3) is 5.91 Å². The van der Waals surface area contributed by atoms with Crippen LogP contribution in [0.5, 0.6) is 17.2 Å². The third-order valence-corrected chi connectivity index (χ3v) is 3.97. The van der Waals surface area contributed by atoms with Crippen molar-refractivity contribution in [2.24, 2.45) is 0 Å². The van der Waals surface area contributed by atoms with Crippen LogP contribution in [0.3, 0.4) is 0 Å². The summed E-state index contributed by atoms with van der Waals surface area (Å²) in [6.07, 6.45) is 0.0211. The lowest BCUT2D eigenvalue weighted by Crippen LogP contribution is -2.44. The standard InChI is InChI=1S/C21H27NO4/c1-5-19(26-18-12-10-17(24-4)11-13-18)21(23)22-16(3)14-25-20-9-7-6-8-15(20)2/h6-13,16,19H,5,14H2,1-4H3,(H,22,23)/t16-,19+/m0/s1. The zero-order valence-electron chi connectivity index (χ0n) is 15.8. The first kappa shape index (κ1) is 19.6. The molecular formula is C21H27NO4. The summed E-state index contributed by atoms with van der Waals surface area (Å²) in [5, 5.41) is 2.95. The Hall–Kier alpha value is -2.69. The minimum Gasteiger partial charge on any atom is -0.497 e. The van der Waals surface area contributed by atoms with Crippen LogP contribution in [0.1, 0.15) is 25.8 Å². The number of carbonyl (C=O) groups is 1. The first-order valence-electron chi connectivity index (χ1n) is 8.83. The second kappa shape index (κ2) is 9.70. The zero-order valence-corrected chi connectivity index (χ0v) is 15.8. The van der Waals surface area contributed by atoms with E-state index in [9.17, 15) is 4.79 Å². The first-order valence-corrected chi connectivity index (χ1v) is 8.83. The highest BCUT2D eigenvalue weighted by molar-refractivity contribution is 5.81. The molecule has 0 spiro atoms. The molecule has 0 aliphatic carbocycles. The summed E-state index contributed by atoms with van der Waals surface area (Å²) in [6, 6.07) is 14.9. The summed E-state index contributed by atoms with van der Waals surface area (Å²) in [5.74, 6) is 2.06. The number of ether oxygens (including phenoxy) is 3. The number of nitrogens with one attached hydrogen (secondary N) is 1. The van der Waals surface area contributed by atoms with Gasteiger partial charge < -0.3 is 19.5 Å². The molecule has 0 unspecified atom stereocenters. The molecule has 0 aromatic heterocycles. The summed E-state index contributed by atoms with van der Waals surface area (Å²) in [4.78, 5) is 12.5. The number of rotatable bonds is 9. The van der Waals surface area contributed by atoms with E-state index in [1.165, 1.54) is 0 Å². The molecule has 0 radical (unpaired) electrons. The van der Waals surface area contributed by atoms with Crippen molar-refractivity contribution in [1.82, 2.24) is 5.32 Å². The lowest BCUT2D eigenvalue weighted by atomic mass is 10.2. The van der Waals surface area contributed by atoms with Crippen LogP contribution in [0.4, 0.5) is 0 Å². The summed E-state index contributed by atoms with van der Waals surface area (Å²) in [5.41, 5.74) is 1.07. The van der Waals surface area contributed by atoms with Gasteiger partial charge in [-0.3, -0.25) is 4.79 Å². The van der Waals surface area contributed by atoms with E-state index in [1.807, 2.05) is 45.0 Å². The van der Waals surface area contributed by atoms with E-state index < -0.39 is 6.10 Å². The van der Waals surface area contributed by atoms with Gasteiger partial charge >= 0.3 is 0 Å². The molecule has 5 heteroatoms. The van der Waals surface area contributed by atoms with Gasteiger partial charge in [-0.15, -0.1) is 0 Å². The number of hydrogen-bond acceptors (Lipinski definition) is 4. The molecule has 0 bridgehead atoms. The number of hydrogen-bond donors (Lipinski definition) is 1. The summed E-state index contributed by atoms with van der Waals surface area (Å²) < 4.78 is 16.7. The molecule has 2 rings (SSSR count). The van der Waals surface area contributed by atoms with Crippen LogP contribution in [-0.4, -0.2) is 31.8 Å². The van der Waals surface area contributed by atoms with Crippen molar-refractivity contribution < 1.29 is 19.0 Å². The zero-order chi connectivity index (χ0) is 18.9. The number of aryl methyl sites for hydroxylation is 1. The number of amides is 1. The van der Waals surface area contributed by atoms with Gasteiger partial charge in [0, 0.05) is 0 Å². The van der Waals surface area contributed by atoms with Crippen LogP contribution in [0, 0.1) is 6.92 Å². The maximum atomic E-state index is 12.5. The van der Waals surface area contributed by atoms with Gasteiger partial charge in [-0.1, -0.05) is 25.1 Å². The van der Waals surface area contributed by atoms with Crippen molar-refractivity contribution in [3.63, 3.8) is 0 Å². The van der Waals surface area contributed by atoms with E-state index in [1.54, 1.807) is 31.4 Å². The summed E-state index contributed by atoms with van der Waals surface area (Å²) in [6.45, 7) is 6.22. The van der Waals surface area contributed by atoms with Crippen molar-refractivity contribution >= 4 is 5.91 Å². The number of carbonyl (C=O) groups excluding carboxylic acids is 1. The van der Waals surface area contributed by atoms with Crippen LogP contribution in [0.15, 0.2) is 48.5 Å². The lowest BCUT2D eigenvalue weighted by Gasteiger charge is -2.21. The van der Waals surface area contributed by atoms with E-state index in [-0.39, 0.29) is 11.9 Å². The highest BCUT2D eigenvalue weighted by Gasteiger charge is 2.20. The van der Waals surface area contributed by atoms with Crippen LogP contribution in [0.25, 0.3) is 0 Å². The number of benzene rings is 2. The Morgan fingerprint density at radius 1 is 1.08 bits per heavy atom. The predicted octanol–water partition coefficient (Wildman–Crippen LogP) is 3.74. The Morgan fingerprint density at radius 3 is 2.35 bits per heavy atom. The van der Waals surface area contributed by atoms with Crippen molar-refractivity contribution in [1.29, 1.82) is 0 Å². The lowest BCUT2D eigenvalue weighted by molar-refractivity contribution is -0.128. The van der Waals surface area contributed by atoms with E-state index in [4.69, 9.17) is 14.2 Å². The second-order valence-corrected chi connectivity index (χ2v) is 6.18. The van der Waals surface area contributed by atoms with Gasteiger partial charge in [0.05, 0.1) is 13.2 Å². The van der Waals surface area contributed by atoms with Gasteiger partial charge in [0.2, 0.25) is 0 Å². The predicted molar refractivity (Wildman–Crippen MR) is 102 cm³/mol. The molecule has 2 aromatic rings. The molecule has 140 valence electrons. The molecule has 0 aliphatic rings. The van der Waals surface area contributed by atoms with Gasteiger partial charge in [0.1, 0.15) is 23.9 Å². The normalized spacial score (nSPS) is 12.8. The van der Waals surface area contributed by atoms with Crippen molar-refractivity contribution in [3.05, 3.63) is 54.1 Å². The average Bonchev–Trinajstić information content (AvgIpc) is 2.65. The molecule has 2 atom stereocenters. The fraction of sp³-hybridized carbons (Fsp3) is 0.381. The van der Waals surface area contributed by atoms with E-state index >= 15 is 0 Å². The smallest absolute Gasteiger partial charge is 0.261 e. The van der Waals surface area contributed by atoms with Gasteiger partial charge in [0.15, 0.2) is 6.10 Å². The SMILES string of the molecule is CC[C@@H](Oc1ccc(OC)cc1)C(=O)N[C@@H](C)COc1ccccc1C. The minimum atomic E-state index is -0.552. The quantitative estimate of drug-likeness (QED) is 0.743. The minimum absolute atomic E-state index is 0.129. The fourth-order valence-electron chi connectivity index (χ4n) is 2.45. The molecule has 0 heterocycles. The van der Waals surface area contributed by atoms with Crippen molar-refractivity contribution in [2.45, 2.75) is 39.3 Å². The Kier molecular flexibility index (Phi) is 7.33. The molecule has 0 aliphatic heterocycles. The highest BCUT2D eigenvalue weighted by atomic mass is 16.5. The molecule has 26 heavy (non-hydrogen) atoms. The van der Waals surface area contributed by atoms with Gasteiger partial charge in [-0.05, 0) is 56.2 Å². The number of methoxy groups -OCH3 is 1. The van der Waals surface area contributed by atoms with E-state index in [0.717, 1.165) is 17.1 Å². The molecule has 1 N–H and O–H groups in total. The Labute approximate surface area is 155 Å². The maximum Gasteiger partial charge on any atom is 0.261 e. The Morgan fingerprint density at radius 2 is 1.73 bits per heavy atom. The topological polar surface area (TPSA) is 56.8 Å². The number of para-hydroxylation sites is 1. The monoisotopic (exact) mass is 357 g/mol. The average molecular weight is 357 g/mol. The Bertz CT molecular complexity index is 699. The third kappa shape index (κ3) is 5.69. The largest absolute Gasteiger partial charge is 0.497 e. The van der Waals surface area contributed by atoms with Crippen LogP contribution in [0.2, 0.25) is 0 Å². The van der Waals surface area contributed by atoms with Crippen LogP contribution >= 0.6 is 0 Å². The Balaban J connectivity index is 1.85. The summed E-state index contributed by atoms with van der Waals surface area (Å²) in [7, 11) is 1.61. The molecule has 0 saturated heterocycles. The van der Waals surface area contributed by atoms with Crippen LogP contribution < -0.4 is 19.5 Å². The molecule has 0 fully saturated rings. The molecule has 2 aromatic carbocycles. The van der Waals surface area contributed by atoms with E-state index in [2.05, 4.69) is 5.32 Å². The van der Waals surface area contributed by atoms with Crippen molar-refractivity contribution in [3.8, 4) is 17.2 Å². The maximum absolute atomic E-state index is 12.5. The first-order chi connectivity index (χ1) is 12.5. The third-order valence-electron chi connectivity index (χ3n) is 3.97. The summed E-state index contributed by atoms with van der Waals surface area (Å²) >= 11 is 0. The molecule has 0 saturated carbocycles. The van der Waals surface area contributed by atoms with E-state index in [0.29, 0.717) is 18.8 Å². The molecule has 5 nitrogen and oxygen atoms in total. The van der Waals surface area contributed by atoms with Crippen molar-refractivity contribution in [2.75, 3.05) is 13.7 Å². The van der Waals surface area contributed by atoms with Gasteiger partial charge in [-0.2, -0.15) is 0 Å². The molecule has 1 amide bonds. The second-order valence-electron chi connectivity index (χ2n) is 6.18.